The molecule has 0 aromatic heterocycles. The standard InChI is InChI=1S/C31H30BrN3O4S/c1-39-29-17-12-25(22-28(29)32)31(36)33-26-13-15-27(16-14-26)40(37,38)35-20-18-34(19-21-35)30(23-8-4-2-5-9-23)24-10-6-3-7-11-24/h2-17,22,30H,18-21H2,1H3,(H,33,36). The Kier molecular flexibility index (Phi) is 8.66. The maximum atomic E-state index is 13.5. The van der Waals surface area contributed by atoms with Crippen LogP contribution in [0.4, 0.5) is 5.69 Å². The van der Waals surface area contributed by atoms with Crippen LogP contribution in [0.1, 0.15) is 27.5 Å². The molecule has 0 aliphatic carbocycles. The zero-order valence-corrected chi connectivity index (χ0v) is 24.4. The van der Waals surface area contributed by atoms with Crippen LogP contribution in [0.15, 0.2) is 112 Å². The van der Waals surface area contributed by atoms with E-state index in [4.69, 9.17) is 4.74 Å². The van der Waals surface area contributed by atoms with Crippen LogP contribution in [-0.4, -0.2) is 56.8 Å². The van der Waals surface area contributed by atoms with Gasteiger partial charge in [-0.05, 0) is 69.5 Å². The minimum atomic E-state index is -3.68. The van der Waals surface area contributed by atoms with Crippen molar-refractivity contribution < 1.29 is 17.9 Å². The lowest BCUT2D eigenvalue weighted by Crippen LogP contribution is -2.49. The second kappa shape index (κ2) is 12.3. The van der Waals surface area contributed by atoms with E-state index in [2.05, 4.69) is 50.4 Å². The van der Waals surface area contributed by atoms with Gasteiger partial charge < -0.3 is 10.1 Å². The molecule has 9 heteroatoms. The third-order valence-electron chi connectivity index (χ3n) is 7.03. The zero-order valence-electron chi connectivity index (χ0n) is 22.0. The van der Waals surface area contributed by atoms with Crippen molar-refractivity contribution in [1.82, 2.24) is 9.21 Å². The van der Waals surface area contributed by atoms with E-state index in [0.717, 1.165) is 0 Å². The van der Waals surface area contributed by atoms with Gasteiger partial charge in [0.25, 0.3) is 5.91 Å². The molecule has 0 bridgehead atoms. The molecule has 0 saturated carbocycles. The summed E-state index contributed by atoms with van der Waals surface area (Å²) in [7, 11) is -2.12. The van der Waals surface area contributed by atoms with Crippen molar-refractivity contribution >= 4 is 37.5 Å². The molecule has 0 unspecified atom stereocenters. The second-order valence-corrected chi connectivity index (χ2v) is 12.3. The summed E-state index contributed by atoms with van der Waals surface area (Å²) < 4.78 is 34.3. The number of hydrogen-bond acceptors (Lipinski definition) is 5. The quantitative estimate of drug-likeness (QED) is 0.269. The Morgan fingerprint density at radius 2 is 1.40 bits per heavy atom. The van der Waals surface area contributed by atoms with Crippen molar-refractivity contribution in [3.05, 3.63) is 124 Å². The fourth-order valence-corrected chi connectivity index (χ4v) is 6.92. The molecule has 206 valence electrons. The van der Waals surface area contributed by atoms with Crippen molar-refractivity contribution in [3.63, 3.8) is 0 Å². The van der Waals surface area contributed by atoms with E-state index in [-0.39, 0.29) is 16.8 Å². The van der Waals surface area contributed by atoms with Gasteiger partial charge in [-0.15, -0.1) is 0 Å². The van der Waals surface area contributed by atoms with Gasteiger partial charge in [0, 0.05) is 37.4 Å². The molecule has 7 nitrogen and oxygen atoms in total. The molecule has 1 aliphatic rings. The van der Waals surface area contributed by atoms with Crippen LogP contribution in [0.25, 0.3) is 0 Å². The Balaban J connectivity index is 1.25. The van der Waals surface area contributed by atoms with E-state index in [9.17, 15) is 13.2 Å². The number of carbonyl (C=O) groups is 1. The van der Waals surface area contributed by atoms with Crippen LogP contribution < -0.4 is 10.1 Å². The highest BCUT2D eigenvalue weighted by Crippen LogP contribution is 2.31. The van der Waals surface area contributed by atoms with E-state index in [1.54, 1.807) is 41.7 Å². The third-order valence-corrected chi connectivity index (χ3v) is 9.57. The highest BCUT2D eigenvalue weighted by molar-refractivity contribution is 9.10. The van der Waals surface area contributed by atoms with Gasteiger partial charge in [0.05, 0.1) is 22.5 Å². The van der Waals surface area contributed by atoms with Gasteiger partial charge in [-0.2, -0.15) is 4.31 Å². The van der Waals surface area contributed by atoms with Crippen molar-refractivity contribution in [1.29, 1.82) is 0 Å². The number of carbonyl (C=O) groups excluding carboxylic acids is 1. The molecule has 1 amide bonds. The number of amides is 1. The van der Waals surface area contributed by atoms with Gasteiger partial charge in [-0.1, -0.05) is 60.7 Å². The lowest BCUT2D eigenvalue weighted by atomic mass is 9.96. The Hall–Kier alpha value is -3.50. The van der Waals surface area contributed by atoms with E-state index >= 15 is 0 Å². The number of nitrogens with zero attached hydrogens (tertiary/aromatic N) is 2. The Labute approximate surface area is 243 Å². The molecule has 0 atom stereocenters. The highest BCUT2D eigenvalue weighted by atomic mass is 79.9. The predicted molar refractivity (Wildman–Crippen MR) is 160 cm³/mol. The first kappa shape index (κ1) is 28.0. The largest absolute Gasteiger partial charge is 0.496 e. The first-order chi connectivity index (χ1) is 19.4. The predicted octanol–water partition coefficient (Wildman–Crippen LogP) is 5.81. The number of hydrogen-bond donors (Lipinski definition) is 1. The van der Waals surface area contributed by atoms with Crippen LogP contribution in [0.5, 0.6) is 5.75 Å². The molecular formula is C31H30BrN3O4S. The van der Waals surface area contributed by atoms with Crippen LogP contribution in [0.3, 0.4) is 0 Å². The van der Waals surface area contributed by atoms with Crippen molar-refractivity contribution in [2.75, 3.05) is 38.6 Å². The lowest BCUT2D eigenvalue weighted by Gasteiger charge is -2.39. The minimum absolute atomic E-state index is 0.0569. The maximum absolute atomic E-state index is 13.5. The third kappa shape index (κ3) is 6.13. The number of sulfonamides is 1. The molecule has 0 spiro atoms. The normalized spacial score (nSPS) is 14.7. The molecule has 1 saturated heterocycles. The molecule has 4 aromatic carbocycles. The van der Waals surface area contributed by atoms with Gasteiger partial charge in [0.1, 0.15) is 5.75 Å². The number of nitrogens with one attached hydrogen (secondary N) is 1. The van der Waals surface area contributed by atoms with Gasteiger partial charge in [0.2, 0.25) is 10.0 Å². The van der Waals surface area contributed by atoms with E-state index < -0.39 is 10.0 Å². The average molecular weight is 621 g/mol. The molecule has 1 N–H and O–H groups in total. The number of methoxy groups -OCH3 is 1. The summed E-state index contributed by atoms with van der Waals surface area (Å²) in [4.78, 5) is 15.2. The van der Waals surface area contributed by atoms with Crippen LogP contribution >= 0.6 is 15.9 Å². The van der Waals surface area contributed by atoms with Crippen molar-refractivity contribution in [3.8, 4) is 5.75 Å². The Morgan fingerprint density at radius 3 is 1.93 bits per heavy atom. The number of piperazine rings is 1. The molecule has 40 heavy (non-hydrogen) atoms. The Morgan fingerprint density at radius 1 is 0.825 bits per heavy atom. The van der Waals surface area contributed by atoms with Crippen LogP contribution in [0, 0.1) is 0 Å². The number of rotatable bonds is 8. The van der Waals surface area contributed by atoms with Crippen molar-refractivity contribution in [2.24, 2.45) is 0 Å². The summed E-state index contributed by atoms with van der Waals surface area (Å²) in [6.45, 7) is 2.01. The summed E-state index contributed by atoms with van der Waals surface area (Å²) in [6, 6.07) is 32.0. The van der Waals surface area contributed by atoms with Crippen molar-refractivity contribution in [2.45, 2.75) is 10.9 Å². The average Bonchev–Trinajstić information content (AvgIpc) is 2.99. The highest BCUT2D eigenvalue weighted by Gasteiger charge is 2.32. The second-order valence-electron chi connectivity index (χ2n) is 9.49. The SMILES string of the molecule is COc1ccc(C(=O)Nc2ccc(S(=O)(=O)N3CCN(C(c4ccccc4)c4ccccc4)CC3)cc2)cc1Br. The first-order valence-electron chi connectivity index (χ1n) is 13.0. The monoisotopic (exact) mass is 619 g/mol. The summed E-state index contributed by atoms with van der Waals surface area (Å²) in [5.41, 5.74) is 3.33. The molecule has 1 fully saturated rings. The topological polar surface area (TPSA) is 78.9 Å². The van der Waals surface area contributed by atoms with Gasteiger partial charge in [-0.25, -0.2) is 8.42 Å². The molecular weight excluding hydrogens is 590 g/mol. The maximum Gasteiger partial charge on any atom is 0.255 e. The van der Waals surface area contributed by atoms with Gasteiger partial charge in [-0.3, -0.25) is 9.69 Å². The van der Waals surface area contributed by atoms with E-state index in [1.165, 1.54) is 23.3 Å². The number of benzene rings is 4. The van der Waals surface area contributed by atoms with Crippen LogP contribution in [0.2, 0.25) is 0 Å². The van der Waals surface area contributed by atoms with E-state index in [1.807, 2.05) is 36.4 Å². The van der Waals surface area contributed by atoms with Gasteiger partial charge in [0.15, 0.2) is 0 Å². The Bertz CT molecular complexity index is 1520. The molecule has 1 heterocycles. The van der Waals surface area contributed by atoms with Gasteiger partial charge >= 0.3 is 0 Å². The summed E-state index contributed by atoms with van der Waals surface area (Å²) in [5, 5.41) is 2.81. The number of halogens is 1. The fourth-order valence-electron chi connectivity index (χ4n) is 4.96. The summed E-state index contributed by atoms with van der Waals surface area (Å²) in [6.07, 6.45) is 0. The molecule has 0 radical (unpaired) electrons. The fraction of sp³-hybridized carbons (Fsp3) is 0.194. The molecule has 5 rings (SSSR count). The zero-order chi connectivity index (χ0) is 28.1. The molecule has 4 aromatic rings. The first-order valence-corrected chi connectivity index (χ1v) is 15.2. The minimum Gasteiger partial charge on any atom is -0.496 e. The summed E-state index contributed by atoms with van der Waals surface area (Å²) in [5.74, 6) is 0.323. The summed E-state index contributed by atoms with van der Waals surface area (Å²) >= 11 is 3.39. The smallest absolute Gasteiger partial charge is 0.255 e. The van der Waals surface area contributed by atoms with E-state index in [0.29, 0.717) is 47.7 Å². The lowest BCUT2D eigenvalue weighted by molar-refractivity contribution is 0.102. The van der Waals surface area contributed by atoms with Crippen LogP contribution in [-0.2, 0) is 10.0 Å². The molecule has 1 aliphatic heterocycles. The number of anilines is 1. The number of ether oxygens (including phenoxy) is 1.